The lowest BCUT2D eigenvalue weighted by Gasteiger charge is -1.96. The maximum atomic E-state index is 11.1. The zero-order valence-corrected chi connectivity index (χ0v) is 11.6. The second-order valence-electron chi connectivity index (χ2n) is 4.00. The molecule has 0 aliphatic carbocycles. The highest BCUT2D eigenvalue weighted by Gasteiger charge is 2.09. The van der Waals surface area contributed by atoms with Gasteiger partial charge in [-0.2, -0.15) is 0 Å². The van der Waals surface area contributed by atoms with Crippen LogP contribution in [0.1, 0.15) is 11.4 Å². The Bertz CT molecular complexity index is 622. The summed E-state index contributed by atoms with van der Waals surface area (Å²) < 4.78 is 4.57. The van der Waals surface area contributed by atoms with Gasteiger partial charge in [-0.25, -0.2) is 4.98 Å². The van der Waals surface area contributed by atoms with Crippen LogP contribution < -0.4 is 0 Å². The van der Waals surface area contributed by atoms with Crippen LogP contribution in [0.3, 0.4) is 0 Å². The highest BCUT2D eigenvalue weighted by Crippen LogP contribution is 2.28. The maximum absolute atomic E-state index is 11.1. The van der Waals surface area contributed by atoms with Crippen molar-refractivity contribution in [1.29, 1.82) is 0 Å². The predicted molar refractivity (Wildman–Crippen MR) is 74.5 cm³/mol. The summed E-state index contributed by atoms with van der Waals surface area (Å²) in [6.45, 7) is 0. The number of carbonyl (C=O) groups excluding carboxylic acids is 1. The molecule has 0 aliphatic rings. The second-order valence-corrected chi connectivity index (χ2v) is 5.11. The Hall–Kier alpha value is -2.28. The Balaban J connectivity index is 2.08. The number of carbonyl (C=O) groups is 1. The molecule has 7 heteroatoms. The number of nitro benzene ring substituents is 1. The van der Waals surface area contributed by atoms with E-state index in [-0.39, 0.29) is 11.7 Å². The van der Waals surface area contributed by atoms with Crippen LogP contribution in [0.2, 0.25) is 0 Å². The molecule has 2 aromatic rings. The normalized spacial score (nSPS) is 10.2. The van der Waals surface area contributed by atoms with Crippen molar-refractivity contribution in [2.75, 3.05) is 7.11 Å². The first-order chi connectivity index (χ1) is 9.60. The Morgan fingerprint density at radius 2 is 2.10 bits per heavy atom. The van der Waals surface area contributed by atoms with Gasteiger partial charge in [-0.15, -0.1) is 11.3 Å². The van der Waals surface area contributed by atoms with Gasteiger partial charge < -0.3 is 4.74 Å². The highest BCUT2D eigenvalue weighted by molar-refractivity contribution is 7.15. The number of hydrogen-bond acceptors (Lipinski definition) is 6. The summed E-state index contributed by atoms with van der Waals surface area (Å²) in [4.78, 5) is 26.4. The number of ether oxygens (including phenoxy) is 1. The lowest BCUT2D eigenvalue weighted by Crippen LogP contribution is -2.01. The van der Waals surface area contributed by atoms with E-state index in [2.05, 4.69) is 9.72 Å². The number of non-ortho nitro benzene ring substituents is 1. The third-order valence-corrected chi connectivity index (χ3v) is 3.79. The van der Waals surface area contributed by atoms with Crippen LogP contribution >= 0.6 is 11.3 Å². The SMILES string of the molecule is COC(=O)CCc1ncc(-c2ccc([N+](=O)[O-])cc2)s1. The average molecular weight is 292 g/mol. The van der Waals surface area contributed by atoms with Gasteiger partial charge in [-0.05, 0) is 17.7 Å². The third kappa shape index (κ3) is 3.39. The van der Waals surface area contributed by atoms with E-state index in [0.717, 1.165) is 15.4 Å². The Kier molecular flexibility index (Phi) is 4.41. The molecule has 1 heterocycles. The van der Waals surface area contributed by atoms with E-state index in [1.54, 1.807) is 18.3 Å². The number of nitrogens with zero attached hydrogens (tertiary/aromatic N) is 2. The number of hydrogen-bond donors (Lipinski definition) is 0. The summed E-state index contributed by atoms with van der Waals surface area (Å²) in [5.41, 5.74) is 0.932. The molecule has 2 rings (SSSR count). The zero-order chi connectivity index (χ0) is 14.5. The van der Waals surface area contributed by atoms with E-state index in [9.17, 15) is 14.9 Å². The number of esters is 1. The molecule has 0 atom stereocenters. The van der Waals surface area contributed by atoms with E-state index in [4.69, 9.17) is 0 Å². The maximum Gasteiger partial charge on any atom is 0.305 e. The van der Waals surface area contributed by atoms with Gasteiger partial charge in [0.15, 0.2) is 0 Å². The summed E-state index contributed by atoms with van der Waals surface area (Å²) in [5, 5.41) is 11.4. The molecule has 0 aliphatic heterocycles. The van der Waals surface area contributed by atoms with Crippen molar-refractivity contribution in [3.63, 3.8) is 0 Å². The lowest BCUT2D eigenvalue weighted by atomic mass is 10.2. The summed E-state index contributed by atoms with van der Waals surface area (Å²) >= 11 is 1.46. The molecule has 0 saturated carbocycles. The first-order valence-electron chi connectivity index (χ1n) is 5.86. The summed E-state index contributed by atoms with van der Waals surface area (Å²) in [7, 11) is 1.35. The van der Waals surface area contributed by atoms with E-state index < -0.39 is 4.92 Å². The molecule has 0 unspecified atom stereocenters. The van der Waals surface area contributed by atoms with E-state index in [0.29, 0.717) is 12.8 Å². The van der Waals surface area contributed by atoms with E-state index in [1.165, 1.54) is 30.6 Å². The molecule has 1 aromatic carbocycles. The standard InChI is InChI=1S/C13H12N2O4S/c1-19-13(16)7-6-12-14-8-11(20-12)9-2-4-10(5-3-9)15(17)18/h2-5,8H,6-7H2,1H3. The Labute approximate surface area is 119 Å². The molecule has 0 fully saturated rings. The fraction of sp³-hybridized carbons (Fsp3) is 0.231. The average Bonchev–Trinajstić information content (AvgIpc) is 2.93. The largest absolute Gasteiger partial charge is 0.469 e. The first kappa shape index (κ1) is 14.1. The predicted octanol–water partition coefficient (Wildman–Crippen LogP) is 2.82. The molecule has 0 spiro atoms. The summed E-state index contributed by atoms with van der Waals surface area (Å²) in [6.07, 6.45) is 2.53. The smallest absolute Gasteiger partial charge is 0.305 e. The zero-order valence-electron chi connectivity index (χ0n) is 10.7. The number of aromatic nitrogens is 1. The minimum atomic E-state index is -0.432. The number of thiazole rings is 1. The first-order valence-corrected chi connectivity index (χ1v) is 6.68. The van der Waals surface area contributed by atoms with Gasteiger partial charge in [0, 0.05) is 24.8 Å². The molecule has 20 heavy (non-hydrogen) atoms. The van der Waals surface area contributed by atoms with Crippen LogP contribution in [-0.2, 0) is 16.0 Å². The van der Waals surface area contributed by atoms with Crippen LogP contribution in [0.4, 0.5) is 5.69 Å². The molecule has 1 aromatic heterocycles. The lowest BCUT2D eigenvalue weighted by molar-refractivity contribution is -0.384. The van der Waals surface area contributed by atoms with Gasteiger partial charge in [-0.1, -0.05) is 0 Å². The van der Waals surface area contributed by atoms with Crippen LogP contribution in [-0.4, -0.2) is 23.0 Å². The number of aryl methyl sites for hydroxylation is 1. The van der Waals surface area contributed by atoms with Crippen molar-refractivity contribution in [1.82, 2.24) is 4.98 Å². The second kappa shape index (κ2) is 6.25. The van der Waals surface area contributed by atoms with Gasteiger partial charge in [-0.3, -0.25) is 14.9 Å². The molecular formula is C13H12N2O4S. The quantitative estimate of drug-likeness (QED) is 0.481. The minimum Gasteiger partial charge on any atom is -0.469 e. The number of nitro groups is 1. The van der Waals surface area contributed by atoms with Crippen molar-refractivity contribution < 1.29 is 14.5 Å². The molecular weight excluding hydrogens is 280 g/mol. The van der Waals surface area contributed by atoms with Crippen molar-refractivity contribution in [2.24, 2.45) is 0 Å². The Morgan fingerprint density at radius 3 is 2.70 bits per heavy atom. The van der Waals surface area contributed by atoms with Crippen LogP contribution in [0.15, 0.2) is 30.5 Å². The van der Waals surface area contributed by atoms with Crippen molar-refractivity contribution in [2.45, 2.75) is 12.8 Å². The van der Waals surface area contributed by atoms with Crippen LogP contribution in [0.5, 0.6) is 0 Å². The van der Waals surface area contributed by atoms with Gasteiger partial charge in [0.2, 0.25) is 0 Å². The molecule has 104 valence electrons. The van der Waals surface area contributed by atoms with Gasteiger partial charge in [0.25, 0.3) is 5.69 Å². The van der Waals surface area contributed by atoms with Gasteiger partial charge in [0.1, 0.15) is 0 Å². The number of methoxy groups -OCH3 is 1. The number of rotatable bonds is 5. The Morgan fingerprint density at radius 1 is 1.40 bits per heavy atom. The molecule has 0 amide bonds. The third-order valence-electron chi connectivity index (χ3n) is 2.69. The van der Waals surface area contributed by atoms with E-state index >= 15 is 0 Å². The summed E-state index contributed by atoms with van der Waals surface area (Å²) in [5.74, 6) is -0.267. The van der Waals surface area contributed by atoms with Crippen LogP contribution in [0, 0.1) is 10.1 Å². The van der Waals surface area contributed by atoms with Crippen molar-refractivity contribution in [3.05, 3.63) is 45.6 Å². The molecule has 0 N–H and O–H groups in total. The fourth-order valence-corrected chi connectivity index (χ4v) is 2.54. The highest BCUT2D eigenvalue weighted by atomic mass is 32.1. The van der Waals surface area contributed by atoms with Crippen LogP contribution in [0.25, 0.3) is 10.4 Å². The van der Waals surface area contributed by atoms with E-state index in [1.807, 2.05) is 0 Å². The van der Waals surface area contributed by atoms with Crippen molar-refractivity contribution in [3.8, 4) is 10.4 Å². The monoisotopic (exact) mass is 292 g/mol. The summed E-state index contributed by atoms with van der Waals surface area (Å²) in [6, 6.07) is 6.30. The van der Waals surface area contributed by atoms with Crippen molar-refractivity contribution >= 4 is 23.0 Å². The molecule has 0 radical (unpaired) electrons. The molecule has 0 saturated heterocycles. The van der Waals surface area contributed by atoms with Gasteiger partial charge >= 0.3 is 5.97 Å². The van der Waals surface area contributed by atoms with Gasteiger partial charge in [0.05, 0.1) is 28.3 Å². The number of benzene rings is 1. The molecule has 0 bridgehead atoms. The molecule has 6 nitrogen and oxygen atoms in total. The fourth-order valence-electron chi connectivity index (χ4n) is 1.62. The topological polar surface area (TPSA) is 82.3 Å². The minimum absolute atomic E-state index is 0.0594.